The predicted octanol–water partition coefficient (Wildman–Crippen LogP) is 5.02. The molecule has 0 saturated heterocycles. The number of amides is 1. The molecule has 0 bridgehead atoms. The van der Waals surface area contributed by atoms with E-state index in [-0.39, 0.29) is 11.8 Å². The van der Waals surface area contributed by atoms with Gasteiger partial charge in [0.2, 0.25) is 5.91 Å². The highest BCUT2D eigenvalue weighted by Crippen LogP contribution is 2.56. The summed E-state index contributed by atoms with van der Waals surface area (Å²) in [5, 5.41) is 6.90. The van der Waals surface area contributed by atoms with E-state index in [0.717, 1.165) is 21.3 Å². The molecule has 0 aromatic heterocycles. The fraction of sp³-hybridized carbons (Fsp3) is 0.350. The van der Waals surface area contributed by atoms with Gasteiger partial charge >= 0.3 is 0 Å². The minimum atomic E-state index is -0.934. The number of hydrogen-bond acceptors (Lipinski definition) is 4. The number of nitrogens with zero attached hydrogens (tertiary/aromatic N) is 1. The van der Waals surface area contributed by atoms with E-state index in [4.69, 9.17) is 16.3 Å². The normalized spacial score (nSPS) is 29.4. The lowest BCUT2D eigenvalue weighted by Crippen LogP contribution is -2.55. The third-order valence-electron chi connectivity index (χ3n) is 5.79. The van der Waals surface area contributed by atoms with Crippen molar-refractivity contribution in [2.45, 2.75) is 36.3 Å². The van der Waals surface area contributed by atoms with Crippen LogP contribution in [-0.2, 0) is 14.9 Å². The molecule has 1 aliphatic heterocycles. The minimum Gasteiger partial charge on any atom is -0.380 e. The molecular weight excluding hydrogens is 432 g/mol. The van der Waals surface area contributed by atoms with Crippen molar-refractivity contribution in [1.82, 2.24) is 0 Å². The van der Waals surface area contributed by atoms with Gasteiger partial charge in [-0.2, -0.15) is 4.91 Å². The van der Waals surface area contributed by atoms with Crippen LogP contribution in [0.2, 0.25) is 5.02 Å². The van der Waals surface area contributed by atoms with Crippen LogP contribution in [0.1, 0.15) is 29.9 Å². The Kier molecular flexibility index (Phi) is 4.82. The zero-order valence-electron chi connectivity index (χ0n) is 14.6. The fourth-order valence-corrected chi connectivity index (χ4v) is 5.26. The third kappa shape index (κ3) is 2.82. The van der Waals surface area contributed by atoms with E-state index in [1.165, 1.54) is 0 Å². The van der Waals surface area contributed by atoms with E-state index < -0.39 is 17.6 Å². The molecule has 2 aliphatic rings. The second-order valence-corrected chi connectivity index (χ2v) is 8.43. The maximum atomic E-state index is 13.4. The molecule has 27 heavy (non-hydrogen) atoms. The largest absolute Gasteiger partial charge is 0.380 e. The Morgan fingerprint density at radius 2 is 2.07 bits per heavy atom. The van der Waals surface area contributed by atoms with Crippen molar-refractivity contribution in [3.05, 3.63) is 68.0 Å². The van der Waals surface area contributed by atoms with Crippen LogP contribution in [0, 0.1) is 4.91 Å². The molecule has 1 aliphatic carbocycles. The number of carbonyl (C=O) groups is 1. The first-order valence-corrected chi connectivity index (χ1v) is 9.90. The van der Waals surface area contributed by atoms with E-state index in [1.807, 2.05) is 36.4 Å². The van der Waals surface area contributed by atoms with Crippen LogP contribution in [-0.4, -0.2) is 25.2 Å². The summed E-state index contributed by atoms with van der Waals surface area (Å²) in [5.74, 6) is -0.392. The number of nitrogens with one attached hydrogen (secondary N) is 1. The molecule has 1 N–H and O–H groups in total. The van der Waals surface area contributed by atoms with Gasteiger partial charge in [0.25, 0.3) is 0 Å². The number of anilines is 1. The number of halogens is 2. The van der Waals surface area contributed by atoms with Gasteiger partial charge in [-0.3, -0.25) is 4.79 Å². The SMILES string of the molecule is CO[C@H]1CC(N=O)C[C@@H](c2cccc(Cl)c2)[C@@]12C(=O)Nc1cc(Br)ccc12. The number of carbonyl (C=O) groups excluding carboxylic acids is 1. The Hall–Kier alpha value is -1.76. The van der Waals surface area contributed by atoms with Crippen LogP contribution in [0.3, 0.4) is 0 Å². The lowest BCUT2D eigenvalue weighted by molar-refractivity contribution is -0.130. The van der Waals surface area contributed by atoms with E-state index >= 15 is 0 Å². The van der Waals surface area contributed by atoms with Gasteiger partial charge < -0.3 is 10.1 Å². The van der Waals surface area contributed by atoms with Crippen LogP contribution in [0.4, 0.5) is 5.69 Å². The molecule has 4 atom stereocenters. The first kappa shape index (κ1) is 18.6. The van der Waals surface area contributed by atoms with Crippen molar-refractivity contribution in [3.8, 4) is 0 Å². The fourth-order valence-electron chi connectivity index (χ4n) is 4.70. The van der Waals surface area contributed by atoms with E-state index in [9.17, 15) is 9.70 Å². The Morgan fingerprint density at radius 1 is 1.26 bits per heavy atom. The van der Waals surface area contributed by atoms with Crippen molar-refractivity contribution in [1.29, 1.82) is 0 Å². The van der Waals surface area contributed by atoms with E-state index in [2.05, 4.69) is 26.4 Å². The molecule has 1 amide bonds. The summed E-state index contributed by atoms with van der Waals surface area (Å²) in [6.07, 6.45) is 0.396. The molecule has 1 fully saturated rings. The summed E-state index contributed by atoms with van der Waals surface area (Å²) in [7, 11) is 1.58. The van der Waals surface area contributed by atoms with Crippen molar-refractivity contribution >= 4 is 39.1 Å². The van der Waals surface area contributed by atoms with Gasteiger partial charge in [-0.15, -0.1) is 0 Å². The summed E-state index contributed by atoms with van der Waals surface area (Å²) >= 11 is 9.70. The summed E-state index contributed by atoms with van der Waals surface area (Å²) in [6, 6.07) is 12.8. The number of rotatable bonds is 3. The van der Waals surface area contributed by atoms with Crippen LogP contribution < -0.4 is 5.32 Å². The lowest BCUT2D eigenvalue weighted by atomic mass is 9.58. The van der Waals surface area contributed by atoms with Crippen LogP contribution in [0.25, 0.3) is 0 Å². The Bertz CT molecular complexity index is 922. The van der Waals surface area contributed by atoms with Crippen molar-refractivity contribution in [2.24, 2.45) is 5.18 Å². The first-order chi connectivity index (χ1) is 13.0. The van der Waals surface area contributed by atoms with Crippen LogP contribution >= 0.6 is 27.5 Å². The number of hydrogen-bond donors (Lipinski definition) is 1. The number of methoxy groups -OCH3 is 1. The summed E-state index contributed by atoms with van der Waals surface area (Å²) < 4.78 is 6.68. The second kappa shape index (κ2) is 7.00. The molecule has 1 saturated carbocycles. The average molecular weight is 450 g/mol. The monoisotopic (exact) mass is 448 g/mol. The standard InChI is InChI=1S/C20H18BrClN2O3/c1-27-18-10-14(24-26)9-16(11-3-2-4-13(22)7-11)20(18)15-6-5-12(21)8-17(15)23-19(20)25/h2-8,14,16,18H,9-10H2,1H3,(H,23,25)/t14?,16-,18-,20+/m0/s1. The quantitative estimate of drug-likeness (QED) is 0.669. The van der Waals surface area contributed by atoms with Gasteiger partial charge in [-0.1, -0.05) is 50.9 Å². The molecule has 4 rings (SSSR count). The third-order valence-corrected chi connectivity index (χ3v) is 6.52. The van der Waals surface area contributed by atoms with E-state index in [1.54, 1.807) is 13.2 Å². The van der Waals surface area contributed by atoms with Crippen molar-refractivity contribution in [2.75, 3.05) is 12.4 Å². The molecule has 140 valence electrons. The maximum Gasteiger partial charge on any atom is 0.238 e. The van der Waals surface area contributed by atoms with Gasteiger partial charge in [0.05, 0.1) is 12.1 Å². The lowest BCUT2D eigenvalue weighted by Gasteiger charge is -2.46. The smallest absolute Gasteiger partial charge is 0.238 e. The maximum absolute atomic E-state index is 13.4. The predicted molar refractivity (Wildman–Crippen MR) is 108 cm³/mol. The molecule has 1 spiro atoms. The number of nitroso groups, excluding NO2 is 1. The first-order valence-electron chi connectivity index (χ1n) is 8.73. The topological polar surface area (TPSA) is 67.8 Å². The number of ether oxygens (including phenoxy) is 1. The van der Waals surface area contributed by atoms with E-state index in [0.29, 0.717) is 17.9 Å². The minimum absolute atomic E-state index is 0.114. The zero-order chi connectivity index (χ0) is 19.2. The molecule has 2 aromatic rings. The van der Waals surface area contributed by atoms with Crippen LogP contribution in [0.5, 0.6) is 0 Å². The second-order valence-electron chi connectivity index (χ2n) is 7.08. The van der Waals surface area contributed by atoms with Crippen molar-refractivity contribution in [3.63, 3.8) is 0 Å². The van der Waals surface area contributed by atoms with Crippen molar-refractivity contribution < 1.29 is 9.53 Å². The van der Waals surface area contributed by atoms with Gasteiger partial charge in [0.15, 0.2) is 0 Å². The highest BCUT2D eigenvalue weighted by atomic mass is 79.9. The van der Waals surface area contributed by atoms with Gasteiger partial charge in [0, 0.05) is 34.6 Å². The van der Waals surface area contributed by atoms with Gasteiger partial charge in [0.1, 0.15) is 5.41 Å². The molecule has 2 aromatic carbocycles. The van der Waals surface area contributed by atoms with Gasteiger partial charge in [-0.05, 0) is 41.8 Å². The molecule has 5 nitrogen and oxygen atoms in total. The molecule has 1 unspecified atom stereocenters. The average Bonchev–Trinajstić information content (AvgIpc) is 2.94. The Labute approximate surface area is 170 Å². The van der Waals surface area contributed by atoms with Crippen LogP contribution in [0.15, 0.2) is 52.1 Å². The molecule has 7 heteroatoms. The molecule has 0 radical (unpaired) electrons. The highest BCUT2D eigenvalue weighted by Gasteiger charge is 2.61. The summed E-state index contributed by atoms with van der Waals surface area (Å²) in [5.41, 5.74) is 1.62. The Balaban J connectivity index is 1.96. The molecule has 1 heterocycles. The zero-order valence-corrected chi connectivity index (χ0v) is 17.0. The highest BCUT2D eigenvalue weighted by molar-refractivity contribution is 9.10. The molecular formula is C20H18BrClN2O3. The number of fused-ring (bicyclic) bond motifs is 2. The summed E-state index contributed by atoms with van der Waals surface area (Å²) in [6.45, 7) is 0. The number of benzene rings is 2. The summed E-state index contributed by atoms with van der Waals surface area (Å²) in [4.78, 5) is 24.8. The Morgan fingerprint density at radius 3 is 2.78 bits per heavy atom. The van der Waals surface area contributed by atoms with Gasteiger partial charge in [-0.25, -0.2) is 0 Å².